The first-order chi connectivity index (χ1) is 5.59. The third kappa shape index (κ3) is 4.05. The Morgan fingerprint density at radius 1 is 0.923 bits per heavy atom. The highest BCUT2D eigenvalue weighted by Crippen LogP contribution is 2.08. The van der Waals surface area contributed by atoms with E-state index in [1.165, 1.54) is 0 Å². The maximum Gasteiger partial charge on any atom is 0.213 e. The van der Waals surface area contributed by atoms with Crippen molar-refractivity contribution in [2.45, 2.75) is 0 Å². The average Bonchev–Trinajstić information content (AvgIpc) is 1.83. The molecule has 0 bridgehead atoms. The Labute approximate surface area is 102 Å². The van der Waals surface area contributed by atoms with E-state index in [1.54, 1.807) is 0 Å². The molecule has 76 valence electrons. The maximum absolute atomic E-state index is 4.99. The standard InChI is InChI=1S/C7H14N2S4/c1-8(2,6(10)11)5-9(3,4)7(12)13/h5H2,1-4H3. The van der Waals surface area contributed by atoms with E-state index < -0.39 is 0 Å². The van der Waals surface area contributed by atoms with E-state index in [4.69, 9.17) is 49.7 Å². The molecule has 0 aromatic heterocycles. The van der Waals surface area contributed by atoms with Crippen LogP contribution >= 0.6 is 24.4 Å². The second-order valence-electron chi connectivity index (χ2n) is 4.04. The summed E-state index contributed by atoms with van der Waals surface area (Å²) in [6.07, 6.45) is 0. The Balaban J connectivity index is 4.61. The van der Waals surface area contributed by atoms with Gasteiger partial charge in [0, 0.05) is 8.64 Å². The van der Waals surface area contributed by atoms with Crippen LogP contribution in [-0.4, -0.2) is 52.5 Å². The van der Waals surface area contributed by atoms with E-state index in [2.05, 4.69) is 0 Å². The summed E-state index contributed by atoms with van der Waals surface area (Å²) in [4.78, 5) is 0. The van der Waals surface area contributed by atoms with Gasteiger partial charge in [-0.2, -0.15) is 0 Å². The highest BCUT2D eigenvalue weighted by molar-refractivity contribution is 8.00. The van der Waals surface area contributed by atoms with Crippen LogP contribution in [0.3, 0.4) is 0 Å². The van der Waals surface area contributed by atoms with Gasteiger partial charge in [-0.25, -0.2) is 0 Å². The van der Waals surface area contributed by atoms with Crippen molar-refractivity contribution in [3.05, 3.63) is 0 Å². The molecule has 0 saturated carbocycles. The number of quaternary nitrogens is 2. The van der Waals surface area contributed by atoms with Crippen LogP contribution in [0.5, 0.6) is 0 Å². The molecule has 0 amide bonds. The average molecular weight is 254 g/mol. The van der Waals surface area contributed by atoms with Gasteiger partial charge in [0.05, 0.1) is 28.2 Å². The zero-order valence-electron chi connectivity index (χ0n) is 8.23. The highest BCUT2D eigenvalue weighted by Gasteiger charge is 2.26. The van der Waals surface area contributed by atoms with E-state index in [1.807, 2.05) is 28.2 Å². The van der Waals surface area contributed by atoms with Gasteiger partial charge in [-0.05, 0) is 0 Å². The molecule has 0 heterocycles. The molecule has 0 aromatic carbocycles. The minimum Gasteiger partial charge on any atom is -0.369 e. The number of rotatable bonds is 2. The van der Waals surface area contributed by atoms with Gasteiger partial charge in [-0.15, -0.1) is 0 Å². The summed E-state index contributed by atoms with van der Waals surface area (Å²) in [7, 11) is 7.84. The number of hydrogen-bond donors (Lipinski definition) is 0. The van der Waals surface area contributed by atoms with Crippen LogP contribution in [0.25, 0.3) is 0 Å². The summed E-state index contributed by atoms with van der Waals surface area (Å²) in [6, 6.07) is 0. The Morgan fingerprint density at radius 3 is 1.31 bits per heavy atom. The lowest BCUT2D eigenvalue weighted by Crippen LogP contribution is -2.58. The second-order valence-corrected chi connectivity index (χ2v) is 6.11. The molecule has 0 aromatic rings. The third-order valence-electron chi connectivity index (χ3n) is 1.70. The van der Waals surface area contributed by atoms with Crippen LogP contribution in [0.2, 0.25) is 0 Å². The van der Waals surface area contributed by atoms with Crippen molar-refractivity contribution in [2.24, 2.45) is 0 Å². The van der Waals surface area contributed by atoms with E-state index >= 15 is 0 Å². The number of thiocarbonyl (C=S) groups is 2. The van der Waals surface area contributed by atoms with Crippen LogP contribution < -0.4 is 0 Å². The molecular weight excluding hydrogens is 240 g/mol. The van der Waals surface area contributed by atoms with Crippen molar-refractivity contribution >= 4 is 58.3 Å². The van der Waals surface area contributed by atoms with Gasteiger partial charge < -0.3 is 49.7 Å². The van der Waals surface area contributed by atoms with Crippen molar-refractivity contribution in [1.29, 1.82) is 0 Å². The number of hydrogen-bond acceptors (Lipinski definition) is 4. The molecule has 0 aliphatic heterocycles. The molecule has 0 saturated heterocycles. The fraction of sp³-hybridized carbons (Fsp3) is 0.714. The first kappa shape index (κ1) is 13.5. The summed E-state index contributed by atoms with van der Waals surface area (Å²) in [5, 5.41) is 0. The first-order valence-corrected chi connectivity index (χ1v) is 5.32. The molecule has 0 aliphatic carbocycles. The Morgan fingerprint density at radius 2 is 1.15 bits per heavy atom. The van der Waals surface area contributed by atoms with Gasteiger partial charge in [0.2, 0.25) is 6.67 Å². The molecule has 2 nitrogen and oxygen atoms in total. The Kier molecular flexibility index (Phi) is 4.56. The quantitative estimate of drug-likeness (QED) is 0.309. The van der Waals surface area contributed by atoms with Crippen LogP contribution in [0.1, 0.15) is 0 Å². The summed E-state index contributed by atoms with van der Waals surface area (Å²) >= 11 is 19.9. The fourth-order valence-electron chi connectivity index (χ4n) is 0.999. The number of nitrogens with zero attached hydrogens (tertiary/aromatic N) is 2. The zero-order chi connectivity index (χ0) is 10.9. The van der Waals surface area contributed by atoms with Crippen molar-refractivity contribution in [3.63, 3.8) is 0 Å². The third-order valence-corrected chi connectivity index (χ3v) is 3.67. The molecule has 0 N–H and O–H groups in total. The molecule has 0 spiro atoms. The molecule has 13 heavy (non-hydrogen) atoms. The van der Waals surface area contributed by atoms with Crippen molar-refractivity contribution in [3.8, 4) is 0 Å². The smallest absolute Gasteiger partial charge is 0.213 e. The molecule has 0 atom stereocenters. The van der Waals surface area contributed by atoms with E-state index in [9.17, 15) is 0 Å². The van der Waals surface area contributed by atoms with Crippen LogP contribution in [0, 0.1) is 0 Å². The second kappa shape index (κ2) is 4.37. The van der Waals surface area contributed by atoms with Gasteiger partial charge >= 0.3 is 0 Å². The minimum atomic E-state index is 0.481. The zero-order valence-corrected chi connectivity index (χ0v) is 11.5. The van der Waals surface area contributed by atoms with Gasteiger partial charge in [0.25, 0.3) is 0 Å². The summed E-state index contributed by atoms with van der Waals surface area (Å²) in [5.74, 6) is 0. The molecule has 0 fully saturated rings. The van der Waals surface area contributed by atoms with Gasteiger partial charge in [0.1, 0.15) is 0 Å². The van der Waals surface area contributed by atoms with Gasteiger partial charge in [-0.3, -0.25) is 8.97 Å². The predicted molar refractivity (Wildman–Crippen MR) is 69.0 cm³/mol. The Bertz CT molecular complexity index is 211. The predicted octanol–water partition coefficient (Wildman–Crippen LogP) is 0.760. The lowest BCUT2D eigenvalue weighted by Gasteiger charge is -2.41. The van der Waals surface area contributed by atoms with Crippen molar-refractivity contribution in [1.82, 2.24) is 0 Å². The summed E-state index contributed by atoms with van der Waals surface area (Å²) in [6.45, 7) is 0.699. The van der Waals surface area contributed by atoms with E-state index in [-0.39, 0.29) is 0 Å². The molecule has 0 rings (SSSR count). The highest BCUT2D eigenvalue weighted by atomic mass is 32.1. The van der Waals surface area contributed by atoms with Crippen LogP contribution in [-0.2, 0) is 25.3 Å². The SMILES string of the molecule is C[N+](C)(C[N+](C)(C)C(=S)[S-])C(=S)[S-]. The normalized spacial score (nSPS) is 12.6. The largest absolute Gasteiger partial charge is 0.369 e. The first-order valence-electron chi connectivity index (χ1n) is 3.69. The topological polar surface area (TPSA) is 0 Å². The summed E-state index contributed by atoms with van der Waals surface area (Å²) in [5.41, 5.74) is 0. The summed E-state index contributed by atoms with van der Waals surface area (Å²) < 4.78 is 2.01. The van der Waals surface area contributed by atoms with Crippen LogP contribution in [0.4, 0.5) is 0 Å². The van der Waals surface area contributed by atoms with E-state index in [0.29, 0.717) is 24.3 Å². The molecule has 0 aliphatic rings. The lowest BCUT2D eigenvalue weighted by molar-refractivity contribution is -0.982. The molecule has 0 unspecified atom stereocenters. The van der Waals surface area contributed by atoms with Gasteiger partial charge in [0.15, 0.2) is 0 Å². The van der Waals surface area contributed by atoms with Crippen LogP contribution in [0.15, 0.2) is 0 Å². The fourth-order valence-corrected chi connectivity index (χ4v) is 1.23. The monoisotopic (exact) mass is 254 g/mol. The molecule has 6 heteroatoms. The van der Waals surface area contributed by atoms with Crippen molar-refractivity contribution < 1.29 is 8.97 Å². The molecule has 0 radical (unpaired) electrons. The van der Waals surface area contributed by atoms with E-state index in [0.717, 1.165) is 0 Å². The maximum atomic E-state index is 4.99. The van der Waals surface area contributed by atoms with Crippen molar-refractivity contribution in [2.75, 3.05) is 34.9 Å². The van der Waals surface area contributed by atoms with Gasteiger partial charge in [-0.1, -0.05) is 0 Å². The lowest BCUT2D eigenvalue weighted by atomic mass is 10.6. The molecular formula is C7H14N2S4. The Hall–Kier alpha value is 0.540. The minimum absolute atomic E-state index is 0.481.